The predicted molar refractivity (Wildman–Crippen MR) is 76.8 cm³/mol. The number of aliphatic hydroxyl groups is 1. The van der Waals surface area contributed by atoms with Crippen LogP contribution in [-0.2, 0) is 0 Å². The standard InChI is InChI=1S/C14H23ClN2O/c1-11(2)17(8-3-9-18)14(10-16)12-4-6-13(15)7-5-12/h4-7,11,14,18H,3,8-10,16H2,1-2H3. The molecule has 0 saturated carbocycles. The maximum atomic E-state index is 8.98. The summed E-state index contributed by atoms with van der Waals surface area (Å²) in [6, 6.07) is 8.39. The van der Waals surface area contributed by atoms with Gasteiger partial charge in [-0.15, -0.1) is 0 Å². The zero-order chi connectivity index (χ0) is 13.5. The highest BCUT2D eigenvalue weighted by molar-refractivity contribution is 6.30. The van der Waals surface area contributed by atoms with Crippen LogP contribution in [-0.4, -0.2) is 35.7 Å². The molecule has 0 bridgehead atoms. The average Bonchev–Trinajstić information content (AvgIpc) is 2.35. The van der Waals surface area contributed by atoms with Crippen molar-refractivity contribution in [3.05, 3.63) is 34.9 Å². The molecule has 0 aliphatic carbocycles. The van der Waals surface area contributed by atoms with Crippen LogP contribution in [0.4, 0.5) is 0 Å². The van der Waals surface area contributed by atoms with E-state index < -0.39 is 0 Å². The molecule has 0 saturated heterocycles. The van der Waals surface area contributed by atoms with Gasteiger partial charge in [-0.05, 0) is 38.0 Å². The zero-order valence-corrected chi connectivity index (χ0v) is 11.9. The number of halogens is 1. The first-order valence-electron chi connectivity index (χ1n) is 6.42. The molecule has 0 heterocycles. The maximum Gasteiger partial charge on any atom is 0.0473 e. The molecule has 102 valence electrons. The van der Waals surface area contributed by atoms with E-state index >= 15 is 0 Å². The highest BCUT2D eigenvalue weighted by atomic mass is 35.5. The molecule has 0 aliphatic rings. The van der Waals surface area contributed by atoms with E-state index in [-0.39, 0.29) is 12.6 Å². The quantitative estimate of drug-likeness (QED) is 0.800. The molecule has 4 heteroatoms. The summed E-state index contributed by atoms with van der Waals surface area (Å²) in [5.41, 5.74) is 7.09. The number of nitrogens with two attached hydrogens (primary N) is 1. The zero-order valence-electron chi connectivity index (χ0n) is 11.1. The van der Waals surface area contributed by atoms with Gasteiger partial charge in [-0.1, -0.05) is 23.7 Å². The van der Waals surface area contributed by atoms with Gasteiger partial charge in [-0.25, -0.2) is 0 Å². The van der Waals surface area contributed by atoms with Crippen LogP contribution < -0.4 is 5.73 Å². The third-order valence-corrected chi connectivity index (χ3v) is 3.37. The molecule has 0 amide bonds. The van der Waals surface area contributed by atoms with Gasteiger partial charge in [0.2, 0.25) is 0 Å². The minimum Gasteiger partial charge on any atom is -0.396 e. The molecule has 1 aromatic rings. The van der Waals surface area contributed by atoms with Gasteiger partial charge < -0.3 is 10.8 Å². The van der Waals surface area contributed by atoms with Crippen molar-refractivity contribution in [2.24, 2.45) is 5.73 Å². The summed E-state index contributed by atoms with van der Waals surface area (Å²) < 4.78 is 0. The molecular formula is C14H23ClN2O. The van der Waals surface area contributed by atoms with Gasteiger partial charge >= 0.3 is 0 Å². The molecule has 0 spiro atoms. The van der Waals surface area contributed by atoms with E-state index in [0.717, 1.165) is 18.0 Å². The molecule has 0 fully saturated rings. The average molecular weight is 271 g/mol. The van der Waals surface area contributed by atoms with Crippen LogP contribution in [0, 0.1) is 0 Å². The van der Waals surface area contributed by atoms with Gasteiger partial charge in [0.25, 0.3) is 0 Å². The SMILES string of the molecule is CC(C)N(CCCO)C(CN)c1ccc(Cl)cc1. The number of aliphatic hydroxyl groups excluding tert-OH is 1. The third-order valence-electron chi connectivity index (χ3n) is 3.12. The van der Waals surface area contributed by atoms with Gasteiger partial charge in [0.1, 0.15) is 0 Å². The Morgan fingerprint density at radius 3 is 2.33 bits per heavy atom. The molecule has 1 atom stereocenters. The molecular weight excluding hydrogens is 248 g/mol. The number of hydrogen-bond acceptors (Lipinski definition) is 3. The number of benzene rings is 1. The van der Waals surface area contributed by atoms with Crippen LogP contribution >= 0.6 is 11.6 Å². The topological polar surface area (TPSA) is 49.5 Å². The summed E-state index contributed by atoms with van der Waals surface area (Å²) in [5, 5.41) is 9.72. The van der Waals surface area contributed by atoms with Crippen molar-refractivity contribution in [1.29, 1.82) is 0 Å². The first kappa shape index (κ1) is 15.4. The van der Waals surface area contributed by atoms with Gasteiger partial charge in [0.15, 0.2) is 0 Å². The minimum atomic E-state index is 0.175. The maximum absolute atomic E-state index is 8.98. The van der Waals surface area contributed by atoms with Crippen LogP contribution in [0.15, 0.2) is 24.3 Å². The normalized spacial score (nSPS) is 13.3. The van der Waals surface area contributed by atoms with E-state index in [1.54, 1.807) is 0 Å². The Morgan fingerprint density at radius 1 is 1.28 bits per heavy atom. The van der Waals surface area contributed by atoms with Crippen molar-refractivity contribution in [2.75, 3.05) is 19.7 Å². The summed E-state index contributed by atoms with van der Waals surface area (Å²) >= 11 is 5.91. The lowest BCUT2D eigenvalue weighted by Gasteiger charge is -2.34. The molecule has 3 nitrogen and oxygen atoms in total. The van der Waals surface area contributed by atoms with E-state index in [4.69, 9.17) is 22.4 Å². The van der Waals surface area contributed by atoms with Crippen molar-refractivity contribution in [3.63, 3.8) is 0 Å². The molecule has 3 N–H and O–H groups in total. The first-order valence-corrected chi connectivity index (χ1v) is 6.80. The van der Waals surface area contributed by atoms with Gasteiger partial charge in [0.05, 0.1) is 0 Å². The number of nitrogens with zero attached hydrogens (tertiary/aromatic N) is 1. The van der Waals surface area contributed by atoms with E-state index in [0.29, 0.717) is 12.6 Å². The second kappa shape index (κ2) is 7.74. The first-order chi connectivity index (χ1) is 8.60. The van der Waals surface area contributed by atoms with Crippen molar-refractivity contribution < 1.29 is 5.11 Å². The number of hydrogen-bond donors (Lipinski definition) is 2. The van der Waals surface area contributed by atoms with Gasteiger partial charge in [-0.3, -0.25) is 4.90 Å². The molecule has 1 rings (SSSR count). The van der Waals surface area contributed by atoms with Crippen LogP contribution in [0.25, 0.3) is 0 Å². The summed E-state index contributed by atoms with van der Waals surface area (Å²) in [6.45, 7) is 5.91. The van der Waals surface area contributed by atoms with E-state index in [1.165, 1.54) is 5.56 Å². The Bertz CT molecular complexity index is 340. The molecule has 1 unspecified atom stereocenters. The predicted octanol–water partition coefficient (Wildman–Crippen LogP) is 2.43. The second-order valence-corrected chi connectivity index (χ2v) is 5.15. The Morgan fingerprint density at radius 2 is 1.89 bits per heavy atom. The Balaban J connectivity index is 2.87. The fourth-order valence-corrected chi connectivity index (χ4v) is 2.30. The lowest BCUT2D eigenvalue weighted by Crippen LogP contribution is -2.39. The summed E-state index contributed by atoms with van der Waals surface area (Å²) in [6.07, 6.45) is 0.766. The Labute approximate surface area is 115 Å². The lowest BCUT2D eigenvalue weighted by molar-refractivity contribution is 0.141. The second-order valence-electron chi connectivity index (χ2n) is 4.71. The highest BCUT2D eigenvalue weighted by Crippen LogP contribution is 2.23. The summed E-state index contributed by atoms with van der Waals surface area (Å²) in [5.74, 6) is 0. The summed E-state index contributed by atoms with van der Waals surface area (Å²) in [4.78, 5) is 2.32. The number of rotatable bonds is 7. The van der Waals surface area contributed by atoms with Crippen molar-refractivity contribution in [3.8, 4) is 0 Å². The van der Waals surface area contributed by atoms with Gasteiger partial charge in [0, 0.05) is 36.8 Å². The van der Waals surface area contributed by atoms with Crippen molar-refractivity contribution in [1.82, 2.24) is 4.90 Å². The smallest absolute Gasteiger partial charge is 0.0473 e. The van der Waals surface area contributed by atoms with Crippen molar-refractivity contribution in [2.45, 2.75) is 32.4 Å². The van der Waals surface area contributed by atoms with Crippen molar-refractivity contribution >= 4 is 11.6 Å². The molecule has 0 aromatic heterocycles. The van der Waals surface area contributed by atoms with Crippen LogP contribution in [0.3, 0.4) is 0 Å². The minimum absolute atomic E-state index is 0.175. The van der Waals surface area contributed by atoms with E-state index in [1.807, 2.05) is 24.3 Å². The van der Waals surface area contributed by atoms with Crippen LogP contribution in [0.1, 0.15) is 31.9 Å². The fraction of sp³-hybridized carbons (Fsp3) is 0.571. The molecule has 1 aromatic carbocycles. The van der Waals surface area contributed by atoms with Crippen LogP contribution in [0.2, 0.25) is 5.02 Å². The Kier molecular flexibility index (Phi) is 6.65. The highest BCUT2D eigenvalue weighted by Gasteiger charge is 2.21. The van der Waals surface area contributed by atoms with E-state index in [2.05, 4.69) is 18.7 Å². The van der Waals surface area contributed by atoms with Crippen LogP contribution in [0.5, 0.6) is 0 Å². The largest absolute Gasteiger partial charge is 0.396 e. The lowest BCUT2D eigenvalue weighted by atomic mass is 10.0. The monoisotopic (exact) mass is 270 g/mol. The fourth-order valence-electron chi connectivity index (χ4n) is 2.18. The third kappa shape index (κ3) is 4.25. The molecule has 0 radical (unpaired) electrons. The van der Waals surface area contributed by atoms with E-state index in [9.17, 15) is 0 Å². The summed E-state index contributed by atoms with van der Waals surface area (Å²) in [7, 11) is 0. The molecule has 0 aliphatic heterocycles. The van der Waals surface area contributed by atoms with Gasteiger partial charge in [-0.2, -0.15) is 0 Å². The molecule has 18 heavy (non-hydrogen) atoms. The Hall–Kier alpha value is -0.610.